The van der Waals surface area contributed by atoms with Crippen LogP contribution in [0.15, 0.2) is 11.6 Å². The monoisotopic (exact) mass is 213 g/mol. The van der Waals surface area contributed by atoms with Crippen LogP contribution in [0.1, 0.15) is 34.1 Å². The number of ether oxygens (including phenoxy) is 1. The molecule has 0 atom stereocenters. The van der Waals surface area contributed by atoms with Crippen molar-refractivity contribution in [3.8, 4) is 0 Å². The van der Waals surface area contributed by atoms with Gasteiger partial charge in [0.1, 0.15) is 0 Å². The molecule has 0 aromatic heterocycles. The molecule has 0 rings (SSSR count). The van der Waals surface area contributed by atoms with E-state index in [0.717, 1.165) is 25.1 Å². The molecule has 0 fully saturated rings. The molecule has 0 saturated heterocycles. The van der Waals surface area contributed by atoms with Crippen LogP contribution in [0.25, 0.3) is 0 Å². The van der Waals surface area contributed by atoms with Gasteiger partial charge in [-0.15, -0.1) is 0 Å². The van der Waals surface area contributed by atoms with Crippen LogP contribution in [0, 0.1) is 0 Å². The molecule has 15 heavy (non-hydrogen) atoms. The number of rotatable bonds is 6. The fourth-order valence-electron chi connectivity index (χ4n) is 1.44. The number of carbonyl (C=O) groups is 1. The van der Waals surface area contributed by atoms with Crippen molar-refractivity contribution in [3.05, 3.63) is 11.6 Å². The summed E-state index contributed by atoms with van der Waals surface area (Å²) in [6.45, 7) is 10.2. The summed E-state index contributed by atoms with van der Waals surface area (Å²) >= 11 is 0. The first-order valence-corrected chi connectivity index (χ1v) is 5.58. The Morgan fingerprint density at radius 1 is 1.40 bits per heavy atom. The zero-order valence-corrected chi connectivity index (χ0v) is 10.5. The number of esters is 1. The predicted octanol–water partition coefficient (Wildman–Crippen LogP) is 2.23. The van der Waals surface area contributed by atoms with Crippen molar-refractivity contribution in [1.29, 1.82) is 0 Å². The number of nitrogens with zero attached hydrogens (tertiary/aromatic N) is 1. The lowest BCUT2D eigenvalue weighted by atomic mass is 10.2. The molecule has 3 nitrogen and oxygen atoms in total. The maximum Gasteiger partial charge on any atom is 0.333 e. The van der Waals surface area contributed by atoms with Crippen LogP contribution >= 0.6 is 0 Å². The highest BCUT2D eigenvalue weighted by Crippen LogP contribution is 2.05. The summed E-state index contributed by atoms with van der Waals surface area (Å²) in [6.07, 6.45) is 2.69. The molecule has 88 valence electrons. The minimum absolute atomic E-state index is 0.211. The van der Waals surface area contributed by atoms with Crippen LogP contribution in [0.2, 0.25) is 0 Å². The van der Waals surface area contributed by atoms with Gasteiger partial charge in [0, 0.05) is 18.2 Å². The summed E-state index contributed by atoms with van der Waals surface area (Å²) < 4.78 is 4.70. The molecule has 0 unspecified atom stereocenters. The van der Waals surface area contributed by atoms with Crippen LogP contribution in [0.3, 0.4) is 0 Å². The normalized spacial score (nSPS) is 12.3. The van der Waals surface area contributed by atoms with E-state index in [-0.39, 0.29) is 5.97 Å². The first-order chi connectivity index (χ1) is 7.06. The minimum Gasteiger partial charge on any atom is -0.466 e. The van der Waals surface area contributed by atoms with Crippen molar-refractivity contribution >= 4 is 5.97 Å². The first kappa shape index (κ1) is 14.2. The highest BCUT2D eigenvalue weighted by molar-refractivity contribution is 5.88. The summed E-state index contributed by atoms with van der Waals surface area (Å²) in [7, 11) is 1.42. The highest BCUT2D eigenvalue weighted by atomic mass is 16.5. The van der Waals surface area contributed by atoms with Crippen LogP contribution in [0.4, 0.5) is 0 Å². The van der Waals surface area contributed by atoms with Crippen molar-refractivity contribution in [3.63, 3.8) is 0 Å². The van der Waals surface area contributed by atoms with E-state index in [1.54, 1.807) is 0 Å². The number of methoxy groups -OCH3 is 1. The second-order valence-corrected chi connectivity index (χ2v) is 3.76. The molecule has 0 heterocycles. The van der Waals surface area contributed by atoms with Crippen LogP contribution in [0.5, 0.6) is 0 Å². The summed E-state index contributed by atoms with van der Waals surface area (Å²) in [5.74, 6) is -0.211. The smallest absolute Gasteiger partial charge is 0.333 e. The Hall–Kier alpha value is -0.830. The first-order valence-electron chi connectivity index (χ1n) is 5.58. The van der Waals surface area contributed by atoms with Crippen molar-refractivity contribution in [2.75, 3.05) is 20.2 Å². The SMILES string of the molecule is CCC(=CCN(CC)C(C)C)C(=O)OC. The molecular formula is C12H23NO2. The van der Waals surface area contributed by atoms with Gasteiger partial charge in [-0.05, 0) is 26.8 Å². The maximum atomic E-state index is 11.3. The highest BCUT2D eigenvalue weighted by Gasteiger charge is 2.09. The summed E-state index contributed by atoms with van der Waals surface area (Å²) in [5, 5.41) is 0. The largest absolute Gasteiger partial charge is 0.466 e. The van der Waals surface area contributed by atoms with Crippen molar-refractivity contribution in [1.82, 2.24) is 4.90 Å². The Labute approximate surface area is 93.1 Å². The van der Waals surface area contributed by atoms with Gasteiger partial charge >= 0.3 is 5.97 Å². The van der Waals surface area contributed by atoms with E-state index in [0.29, 0.717) is 6.04 Å². The van der Waals surface area contributed by atoms with Gasteiger partial charge in [0.2, 0.25) is 0 Å². The average molecular weight is 213 g/mol. The van der Waals surface area contributed by atoms with Crippen molar-refractivity contribution in [2.45, 2.75) is 40.2 Å². The van der Waals surface area contributed by atoms with E-state index in [9.17, 15) is 4.79 Å². The van der Waals surface area contributed by atoms with Crippen LogP contribution in [-0.2, 0) is 9.53 Å². The van der Waals surface area contributed by atoms with E-state index < -0.39 is 0 Å². The zero-order valence-electron chi connectivity index (χ0n) is 10.5. The number of carbonyl (C=O) groups excluding carboxylic acids is 1. The van der Waals surface area contributed by atoms with Crippen molar-refractivity contribution < 1.29 is 9.53 Å². The van der Waals surface area contributed by atoms with E-state index in [2.05, 4.69) is 25.7 Å². The Balaban J connectivity index is 4.38. The third-order valence-corrected chi connectivity index (χ3v) is 2.54. The Morgan fingerprint density at radius 3 is 2.33 bits per heavy atom. The molecule has 0 aliphatic carbocycles. The van der Waals surface area contributed by atoms with Crippen LogP contribution in [-0.4, -0.2) is 37.1 Å². The van der Waals surface area contributed by atoms with Gasteiger partial charge in [-0.2, -0.15) is 0 Å². The van der Waals surface area contributed by atoms with E-state index in [4.69, 9.17) is 4.74 Å². The molecule has 0 aliphatic rings. The van der Waals surface area contributed by atoms with Gasteiger partial charge in [-0.3, -0.25) is 4.90 Å². The minimum atomic E-state index is -0.211. The molecule has 0 radical (unpaired) electrons. The lowest BCUT2D eigenvalue weighted by Gasteiger charge is -2.23. The predicted molar refractivity (Wildman–Crippen MR) is 62.8 cm³/mol. The lowest BCUT2D eigenvalue weighted by molar-refractivity contribution is -0.136. The fraction of sp³-hybridized carbons (Fsp3) is 0.750. The van der Waals surface area contributed by atoms with Gasteiger partial charge in [0.15, 0.2) is 0 Å². The second kappa shape index (κ2) is 7.46. The number of hydrogen-bond acceptors (Lipinski definition) is 3. The fourth-order valence-corrected chi connectivity index (χ4v) is 1.44. The topological polar surface area (TPSA) is 29.5 Å². The van der Waals surface area contributed by atoms with Gasteiger partial charge in [0.05, 0.1) is 7.11 Å². The second-order valence-electron chi connectivity index (χ2n) is 3.76. The number of likely N-dealkylation sites (N-methyl/N-ethyl adjacent to an activating group) is 1. The zero-order chi connectivity index (χ0) is 11.8. The Kier molecular flexibility index (Phi) is 7.05. The van der Waals surface area contributed by atoms with Crippen LogP contribution < -0.4 is 0 Å². The van der Waals surface area contributed by atoms with Gasteiger partial charge < -0.3 is 4.74 Å². The molecule has 0 N–H and O–H groups in total. The molecule has 0 amide bonds. The Morgan fingerprint density at radius 2 is 2.00 bits per heavy atom. The van der Waals surface area contributed by atoms with Gasteiger partial charge in [-0.1, -0.05) is 19.9 Å². The summed E-state index contributed by atoms with van der Waals surface area (Å²) in [6, 6.07) is 0.502. The lowest BCUT2D eigenvalue weighted by Crippen LogP contribution is -2.31. The maximum absolute atomic E-state index is 11.3. The molecule has 0 aromatic rings. The van der Waals surface area contributed by atoms with Gasteiger partial charge in [0.25, 0.3) is 0 Å². The third kappa shape index (κ3) is 4.98. The molecular weight excluding hydrogens is 190 g/mol. The molecule has 0 bridgehead atoms. The van der Waals surface area contributed by atoms with E-state index >= 15 is 0 Å². The summed E-state index contributed by atoms with van der Waals surface area (Å²) in [4.78, 5) is 13.6. The quantitative estimate of drug-likeness (QED) is 0.500. The Bertz CT molecular complexity index is 222. The third-order valence-electron chi connectivity index (χ3n) is 2.54. The molecule has 0 saturated carbocycles. The standard InChI is InChI=1S/C12H23NO2/c1-6-11(12(14)15-5)8-9-13(7-2)10(3)4/h8,10H,6-7,9H2,1-5H3. The molecule has 3 heteroatoms. The van der Waals surface area contributed by atoms with E-state index in [1.165, 1.54) is 7.11 Å². The van der Waals surface area contributed by atoms with E-state index in [1.807, 2.05) is 13.0 Å². The summed E-state index contributed by atoms with van der Waals surface area (Å²) in [5.41, 5.74) is 0.761. The molecule has 0 aromatic carbocycles. The average Bonchev–Trinajstić information content (AvgIpc) is 2.23. The van der Waals surface area contributed by atoms with Crippen molar-refractivity contribution in [2.24, 2.45) is 0 Å². The molecule has 0 aliphatic heterocycles. The molecule has 0 spiro atoms. The number of hydrogen-bond donors (Lipinski definition) is 0. The van der Waals surface area contributed by atoms with Gasteiger partial charge in [-0.25, -0.2) is 4.79 Å².